The summed E-state index contributed by atoms with van der Waals surface area (Å²) in [4.78, 5) is 14.3. The van der Waals surface area contributed by atoms with Crippen LogP contribution in [0.25, 0.3) is 0 Å². The van der Waals surface area contributed by atoms with Crippen LogP contribution in [0.1, 0.15) is 44.9 Å². The lowest BCUT2D eigenvalue weighted by molar-refractivity contribution is -0.134. The second-order valence-corrected chi connectivity index (χ2v) is 6.07. The molecule has 0 saturated carbocycles. The largest absolute Gasteiger partial charge is 0.381 e. The Morgan fingerprint density at radius 3 is 2.61 bits per heavy atom. The van der Waals surface area contributed by atoms with Gasteiger partial charge in [0.2, 0.25) is 5.91 Å². The van der Waals surface area contributed by atoms with Gasteiger partial charge in [0.1, 0.15) is 0 Å². The third kappa shape index (κ3) is 3.64. The fraction of sp³-hybridized carbons (Fsp3) is 0.929. The van der Waals surface area contributed by atoms with Crippen LogP contribution in [0.5, 0.6) is 0 Å². The topological polar surface area (TPSA) is 29.5 Å². The van der Waals surface area contributed by atoms with Crippen LogP contribution < -0.4 is 0 Å². The van der Waals surface area contributed by atoms with Crippen LogP contribution in [0.4, 0.5) is 0 Å². The van der Waals surface area contributed by atoms with Gasteiger partial charge in [-0.25, -0.2) is 0 Å². The zero-order valence-electron chi connectivity index (χ0n) is 11.2. The molecule has 1 amide bonds. The molecule has 4 heteroatoms. The average Bonchev–Trinajstić information content (AvgIpc) is 2.40. The van der Waals surface area contributed by atoms with Crippen molar-refractivity contribution in [3.05, 3.63) is 0 Å². The molecule has 2 aliphatic heterocycles. The smallest absolute Gasteiger partial charge is 0.222 e. The first kappa shape index (κ1) is 14.2. The Balaban J connectivity index is 1.97. The molecule has 2 saturated heterocycles. The van der Waals surface area contributed by atoms with Crippen LogP contribution in [0.2, 0.25) is 0 Å². The lowest BCUT2D eigenvalue weighted by Crippen LogP contribution is -2.45. The van der Waals surface area contributed by atoms with Crippen LogP contribution in [0.3, 0.4) is 0 Å². The Morgan fingerprint density at radius 1 is 1.17 bits per heavy atom. The van der Waals surface area contributed by atoms with E-state index < -0.39 is 0 Å². The number of hydrogen-bond acceptors (Lipinski definition) is 3. The highest BCUT2D eigenvalue weighted by molar-refractivity contribution is 7.80. The van der Waals surface area contributed by atoms with Crippen molar-refractivity contribution in [2.24, 2.45) is 5.41 Å². The maximum absolute atomic E-state index is 12.2. The van der Waals surface area contributed by atoms with Gasteiger partial charge < -0.3 is 9.64 Å². The summed E-state index contributed by atoms with van der Waals surface area (Å²) in [5.74, 6) is 1.21. The number of ether oxygens (including phenoxy) is 1. The minimum absolute atomic E-state index is 0.191. The third-order valence-electron chi connectivity index (χ3n) is 4.34. The standard InChI is InChI=1S/C14H25NO2S/c16-13-5-3-1-2-4-8-15(13)11-14(12-18)6-9-17-10-7-14/h18H,1-12H2. The first-order valence-electron chi connectivity index (χ1n) is 7.22. The van der Waals surface area contributed by atoms with Gasteiger partial charge >= 0.3 is 0 Å². The van der Waals surface area contributed by atoms with Crippen molar-refractivity contribution >= 4 is 18.5 Å². The molecule has 2 heterocycles. The molecule has 0 aliphatic carbocycles. The maximum Gasteiger partial charge on any atom is 0.222 e. The molecular weight excluding hydrogens is 246 g/mol. The van der Waals surface area contributed by atoms with Gasteiger partial charge in [-0.15, -0.1) is 0 Å². The van der Waals surface area contributed by atoms with Crippen LogP contribution in [-0.4, -0.2) is 42.9 Å². The molecule has 3 nitrogen and oxygen atoms in total. The van der Waals surface area contributed by atoms with E-state index in [9.17, 15) is 4.79 Å². The molecule has 104 valence electrons. The molecule has 0 atom stereocenters. The molecule has 2 rings (SSSR count). The van der Waals surface area contributed by atoms with Crippen molar-refractivity contribution in [2.45, 2.75) is 44.9 Å². The molecule has 0 radical (unpaired) electrons. The summed E-state index contributed by atoms with van der Waals surface area (Å²) in [6, 6.07) is 0. The van der Waals surface area contributed by atoms with Gasteiger partial charge in [0.05, 0.1) is 0 Å². The normalized spacial score (nSPS) is 25.6. The van der Waals surface area contributed by atoms with Crippen molar-refractivity contribution in [1.82, 2.24) is 4.90 Å². The Morgan fingerprint density at radius 2 is 1.89 bits per heavy atom. The number of thiol groups is 1. The lowest BCUT2D eigenvalue weighted by Gasteiger charge is -2.40. The lowest BCUT2D eigenvalue weighted by atomic mass is 9.81. The van der Waals surface area contributed by atoms with E-state index in [1.165, 1.54) is 12.8 Å². The Labute approximate surface area is 116 Å². The highest BCUT2D eigenvalue weighted by atomic mass is 32.1. The second-order valence-electron chi connectivity index (χ2n) is 5.75. The maximum atomic E-state index is 12.2. The molecular formula is C14H25NO2S. The number of likely N-dealkylation sites (tertiary alicyclic amines) is 1. The average molecular weight is 271 g/mol. The van der Waals surface area contributed by atoms with E-state index >= 15 is 0 Å². The fourth-order valence-corrected chi connectivity index (χ4v) is 3.37. The fourth-order valence-electron chi connectivity index (χ4n) is 2.96. The van der Waals surface area contributed by atoms with E-state index in [0.29, 0.717) is 5.91 Å². The summed E-state index contributed by atoms with van der Waals surface area (Å²) in [6.07, 6.45) is 7.52. The van der Waals surface area contributed by atoms with E-state index in [1.54, 1.807) is 0 Å². The zero-order valence-corrected chi connectivity index (χ0v) is 12.1. The molecule has 0 N–H and O–H groups in total. The van der Waals surface area contributed by atoms with Crippen molar-refractivity contribution in [2.75, 3.05) is 32.1 Å². The summed E-state index contributed by atoms with van der Waals surface area (Å²) >= 11 is 4.53. The van der Waals surface area contributed by atoms with Crippen LogP contribution in [0, 0.1) is 5.41 Å². The summed E-state index contributed by atoms with van der Waals surface area (Å²) in [5, 5.41) is 0. The Bertz CT molecular complexity index is 277. The van der Waals surface area contributed by atoms with Crippen LogP contribution in [0.15, 0.2) is 0 Å². The third-order valence-corrected chi connectivity index (χ3v) is 5.01. The Kier molecular flexibility index (Phi) is 5.37. The van der Waals surface area contributed by atoms with Gasteiger partial charge in [0.25, 0.3) is 0 Å². The molecule has 0 unspecified atom stereocenters. The number of carbonyl (C=O) groups excluding carboxylic acids is 1. The SMILES string of the molecule is O=C1CCCCCCN1CC1(CS)CCOCC1. The van der Waals surface area contributed by atoms with Crippen LogP contribution in [-0.2, 0) is 9.53 Å². The van der Waals surface area contributed by atoms with E-state index in [1.807, 2.05) is 0 Å². The Hall–Kier alpha value is -0.220. The van der Waals surface area contributed by atoms with Crippen molar-refractivity contribution < 1.29 is 9.53 Å². The predicted octanol–water partition coefficient (Wildman–Crippen LogP) is 2.51. The molecule has 0 bridgehead atoms. The highest BCUT2D eigenvalue weighted by Crippen LogP contribution is 2.33. The van der Waals surface area contributed by atoms with Crippen LogP contribution >= 0.6 is 12.6 Å². The molecule has 0 spiro atoms. The molecule has 2 fully saturated rings. The van der Waals surface area contributed by atoms with Crippen molar-refractivity contribution in [3.63, 3.8) is 0 Å². The van der Waals surface area contributed by atoms with Gasteiger partial charge in [-0.3, -0.25) is 4.79 Å². The van der Waals surface area contributed by atoms with Gasteiger partial charge in [0.15, 0.2) is 0 Å². The number of amides is 1. The van der Waals surface area contributed by atoms with E-state index in [4.69, 9.17) is 4.74 Å². The number of carbonyl (C=O) groups is 1. The van der Waals surface area contributed by atoms with Crippen molar-refractivity contribution in [1.29, 1.82) is 0 Å². The summed E-state index contributed by atoms with van der Waals surface area (Å²) in [7, 11) is 0. The number of nitrogens with zero attached hydrogens (tertiary/aromatic N) is 1. The number of rotatable bonds is 3. The highest BCUT2D eigenvalue weighted by Gasteiger charge is 2.34. The predicted molar refractivity (Wildman–Crippen MR) is 76.0 cm³/mol. The molecule has 0 aromatic carbocycles. The zero-order chi connectivity index (χ0) is 12.8. The summed E-state index contributed by atoms with van der Waals surface area (Å²) < 4.78 is 5.45. The quantitative estimate of drug-likeness (QED) is 0.799. The minimum Gasteiger partial charge on any atom is -0.381 e. The first-order chi connectivity index (χ1) is 8.76. The van der Waals surface area contributed by atoms with Gasteiger partial charge in [-0.05, 0) is 31.4 Å². The van der Waals surface area contributed by atoms with E-state index in [-0.39, 0.29) is 5.41 Å². The number of hydrogen-bond donors (Lipinski definition) is 1. The van der Waals surface area contributed by atoms with Crippen molar-refractivity contribution in [3.8, 4) is 0 Å². The summed E-state index contributed by atoms with van der Waals surface area (Å²) in [6.45, 7) is 3.47. The molecule has 18 heavy (non-hydrogen) atoms. The van der Waals surface area contributed by atoms with Gasteiger partial charge in [-0.2, -0.15) is 12.6 Å². The molecule has 2 aliphatic rings. The van der Waals surface area contributed by atoms with E-state index in [2.05, 4.69) is 17.5 Å². The van der Waals surface area contributed by atoms with E-state index in [0.717, 1.165) is 64.2 Å². The molecule has 0 aromatic rings. The van der Waals surface area contributed by atoms with Gasteiger partial charge in [-0.1, -0.05) is 12.8 Å². The monoisotopic (exact) mass is 271 g/mol. The minimum atomic E-state index is 0.191. The first-order valence-corrected chi connectivity index (χ1v) is 7.85. The van der Waals surface area contributed by atoms with Gasteiger partial charge in [0, 0.05) is 38.1 Å². The second kappa shape index (κ2) is 6.80. The summed E-state index contributed by atoms with van der Waals surface area (Å²) in [5.41, 5.74) is 0.191. The molecule has 0 aromatic heterocycles.